The van der Waals surface area contributed by atoms with Crippen molar-refractivity contribution >= 4 is 17.3 Å². The largest absolute Gasteiger partial charge is 0.467 e. The average Bonchev–Trinajstić information content (AvgIpc) is 2.80. The second-order valence-electron chi connectivity index (χ2n) is 3.79. The lowest BCUT2D eigenvalue weighted by atomic mass is 10.1. The third-order valence-electron chi connectivity index (χ3n) is 2.64. The third kappa shape index (κ3) is 2.96. The molecular formula is C11H16N2OS. The summed E-state index contributed by atoms with van der Waals surface area (Å²) >= 11 is 5.32. The number of nitrogens with zero attached hydrogens (tertiary/aromatic N) is 1. The maximum atomic E-state index is 5.32. The fraction of sp³-hybridized carbons (Fsp3) is 0.545. The van der Waals surface area contributed by atoms with Gasteiger partial charge in [0, 0.05) is 13.1 Å². The number of hydrogen-bond acceptors (Lipinski definition) is 2. The van der Waals surface area contributed by atoms with Gasteiger partial charge in [-0.05, 0) is 43.6 Å². The molecule has 0 aliphatic carbocycles. The van der Waals surface area contributed by atoms with Crippen LogP contribution in [0.4, 0.5) is 0 Å². The van der Waals surface area contributed by atoms with Crippen LogP contribution < -0.4 is 5.32 Å². The van der Waals surface area contributed by atoms with Crippen LogP contribution in [0.15, 0.2) is 22.8 Å². The van der Waals surface area contributed by atoms with E-state index >= 15 is 0 Å². The predicted octanol–water partition coefficient (Wildman–Crippen LogP) is 2.14. The van der Waals surface area contributed by atoms with Gasteiger partial charge in [0.1, 0.15) is 5.76 Å². The van der Waals surface area contributed by atoms with Gasteiger partial charge in [0.25, 0.3) is 0 Å². The van der Waals surface area contributed by atoms with Gasteiger partial charge in [0.15, 0.2) is 5.11 Å². The molecule has 0 saturated carbocycles. The highest BCUT2D eigenvalue weighted by atomic mass is 32.1. The smallest absolute Gasteiger partial charge is 0.169 e. The molecule has 1 fully saturated rings. The van der Waals surface area contributed by atoms with E-state index in [1.54, 1.807) is 6.26 Å². The van der Waals surface area contributed by atoms with E-state index in [-0.39, 0.29) is 0 Å². The van der Waals surface area contributed by atoms with E-state index in [1.165, 1.54) is 19.3 Å². The number of hydrogen-bond donors (Lipinski definition) is 1. The molecule has 82 valence electrons. The van der Waals surface area contributed by atoms with Crippen molar-refractivity contribution in [2.75, 3.05) is 13.1 Å². The Morgan fingerprint density at radius 2 is 2.20 bits per heavy atom. The minimum Gasteiger partial charge on any atom is -0.467 e. The summed E-state index contributed by atoms with van der Waals surface area (Å²) in [5, 5.41) is 4.07. The summed E-state index contributed by atoms with van der Waals surface area (Å²) < 4.78 is 5.23. The van der Waals surface area contributed by atoms with Gasteiger partial charge in [0.05, 0.1) is 12.8 Å². The van der Waals surface area contributed by atoms with Crippen molar-refractivity contribution < 1.29 is 4.42 Å². The zero-order valence-electron chi connectivity index (χ0n) is 8.74. The second-order valence-corrected chi connectivity index (χ2v) is 4.17. The average molecular weight is 224 g/mol. The van der Waals surface area contributed by atoms with Gasteiger partial charge in [-0.15, -0.1) is 0 Å². The molecule has 1 aromatic rings. The van der Waals surface area contributed by atoms with Crippen LogP contribution in [-0.4, -0.2) is 23.1 Å². The molecule has 3 nitrogen and oxygen atoms in total. The van der Waals surface area contributed by atoms with Gasteiger partial charge in [0.2, 0.25) is 0 Å². The summed E-state index contributed by atoms with van der Waals surface area (Å²) in [7, 11) is 0. The first-order valence-electron chi connectivity index (χ1n) is 5.41. The number of nitrogens with one attached hydrogen (secondary N) is 1. The molecule has 0 bridgehead atoms. The summed E-state index contributed by atoms with van der Waals surface area (Å²) in [4.78, 5) is 2.24. The van der Waals surface area contributed by atoms with Crippen LogP contribution in [0.5, 0.6) is 0 Å². The summed E-state index contributed by atoms with van der Waals surface area (Å²) in [6.45, 7) is 2.86. The van der Waals surface area contributed by atoms with E-state index in [9.17, 15) is 0 Å². The Kier molecular flexibility index (Phi) is 3.61. The number of likely N-dealkylation sites (tertiary alicyclic amines) is 1. The molecule has 4 heteroatoms. The molecule has 1 aliphatic rings. The Hall–Kier alpha value is -1.03. The molecule has 0 atom stereocenters. The van der Waals surface area contributed by atoms with Crippen LogP contribution in [0.25, 0.3) is 0 Å². The number of rotatable bonds is 2. The van der Waals surface area contributed by atoms with Gasteiger partial charge in [-0.25, -0.2) is 0 Å². The molecule has 15 heavy (non-hydrogen) atoms. The molecule has 1 saturated heterocycles. The fourth-order valence-corrected chi connectivity index (χ4v) is 2.04. The Morgan fingerprint density at radius 3 is 2.87 bits per heavy atom. The summed E-state index contributed by atoms with van der Waals surface area (Å²) in [6, 6.07) is 3.84. The molecule has 2 rings (SSSR count). The monoisotopic (exact) mass is 224 g/mol. The van der Waals surface area contributed by atoms with Crippen molar-refractivity contribution in [3.05, 3.63) is 24.2 Å². The van der Waals surface area contributed by atoms with Gasteiger partial charge in [-0.3, -0.25) is 0 Å². The summed E-state index contributed by atoms with van der Waals surface area (Å²) in [5.74, 6) is 0.925. The standard InChI is InChI=1S/C11H16N2OS/c15-11(13-6-2-1-3-7-13)12-9-10-5-4-8-14-10/h4-5,8H,1-3,6-7,9H2,(H,12,15). The van der Waals surface area contributed by atoms with E-state index in [1.807, 2.05) is 12.1 Å². The highest BCUT2D eigenvalue weighted by molar-refractivity contribution is 7.80. The van der Waals surface area contributed by atoms with E-state index in [0.717, 1.165) is 24.0 Å². The van der Waals surface area contributed by atoms with E-state index in [0.29, 0.717) is 6.54 Å². The highest BCUT2D eigenvalue weighted by Gasteiger charge is 2.12. The van der Waals surface area contributed by atoms with Crippen LogP contribution in [0, 0.1) is 0 Å². The Morgan fingerprint density at radius 1 is 1.40 bits per heavy atom. The van der Waals surface area contributed by atoms with Crippen LogP contribution in [0.3, 0.4) is 0 Å². The molecule has 1 N–H and O–H groups in total. The first-order valence-corrected chi connectivity index (χ1v) is 5.82. The van der Waals surface area contributed by atoms with Crippen molar-refractivity contribution in [1.82, 2.24) is 10.2 Å². The summed E-state index contributed by atoms with van der Waals surface area (Å²) in [5.41, 5.74) is 0. The van der Waals surface area contributed by atoms with Crippen molar-refractivity contribution in [2.45, 2.75) is 25.8 Å². The zero-order valence-corrected chi connectivity index (χ0v) is 9.55. The maximum Gasteiger partial charge on any atom is 0.169 e. The first-order chi connectivity index (χ1) is 7.36. The Labute approximate surface area is 95.4 Å². The van der Waals surface area contributed by atoms with Crippen molar-refractivity contribution in [3.8, 4) is 0 Å². The zero-order chi connectivity index (χ0) is 10.5. The number of furan rings is 1. The molecule has 0 amide bonds. The summed E-state index contributed by atoms with van der Waals surface area (Å²) in [6.07, 6.45) is 5.52. The topological polar surface area (TPSA) is 28.4 Å². The molecule has 1 aliphatic heterocycles. The third-order valence-corrected chi connectivity index (χ3v) is 3.04. The molecule has 1 aromatic heterocycles. The van der Waals surface area contributed by atoms with Crippen molar-refractivity contribution in [1.29, 1.82) is 0 Å². The normalized spacial score (nSPS) is 16.4. The van der Waals surface area contributed by atoms with Crippen LogP contribution >= 0.6 is 12.2 Å². The predicted molar refractivity (Wildman–Crippen MR) is 63.6 cm³/mol. The number of piperidine rings is 1. The number of thiocarbonyl (C=S) groups is 1. The van der Waals surface area contributed by atoms with Crippen molar-refractivity contribution in [3.63, 3.8) is 0 Å². The SMILES string of the molecule is S=C(NCc1ccco1)N1CCCCC1. The Balaban J connectivity index is 1.76. The van der Waals surface area contributed by atoms with Crippen LogP contribution in [0.2, 0.25) is 0 Å². The van der Waals surface area contributed by atoms with Gasteiger partial charge in [-0.1, -0.05) is 0 Å². The van der Waals surface area contributed by atoms with E-state index < -0.39 is 0 Å². The minimum absolute atomic E-state index is 0.683. The quantitative estimate of drug-likeness (QED) is 0.779. The van der Waals surface area contributed by atoms with Crippen LogP contribution in [-0.2, 0) is 6.54 Å². The van der Waals surface area contributed by atoms with Gasteiger partial charge in [-0.2, -0.15) is 0 Å². The van der Waals surface area contributed by atoms with Crippen LogP contribution in [0.1, 0.15) is 25.0 Å². The van der Waals surface area contributed by atoms with Gasteiger partial charge < -0.3 is 14.6 Å². The fourth-order valence-electron chi connectivity index (χ4n) is 1.78. The molecule has 0 spiro atoms. The molecule has 0 unspecified atom stereocenters. The second kappa shape index (κ2) is 5.16. The molecule has 2 heterocycles. The first kappa shape index (κ1) is 10.5. The van der Waals surface area contributed by atoms with E-state index in [2.05, 4.69) is 10.2 Å². The molecular weight excluding hydrogens is 208 g/mol. The molecule has 0 aromatic carbocycles. The minimum atomic E-state index is 0.683. The lowest BCUT2D eigenvalue weighted by Gasteiger charge is -2.29. The lowest BCUT2D eigenvalue weighted by Crippen LogP contribution is -2.42. The highest BCUT2D eigenvalue weighted by Crippen LogP contribution is 2.09. The maximum absolute atomic E-state index is 5.32. The molecule has 0 radical (unpaired) electrons. The van der Waals surface area contributed by atoms with Gasteiger partial charge >= 0.3 is 0 Å². The van der Waals surface area contributed by atoms with E-state index in [4.69, 9.17) is 16.6 Å². The lowest BCUT2D eigenvalue weighted by molar-refractivity contribution is 0.336. The van der Waals surface area contributed by atoms with Crippen molar-refractivity contribution in [2.24, 2.45) is 0 Å². The Bertz CT molecular complexity index is 304.